The van der Waals surface area contributed by atoms with Gasteiger partial charge in [-0.15, -0.1) is 19.0 Å². The van der Waals surface area contributed by atoms with E-state index in [9.17, 15) is 8.42 Å². The minimum atomic E-state index is -3.68. The zero-order valence-electron chi connectivity index (χ0n) is 17.7. The molecule has 1 aliphatic heterocycles. The number of hydrogen-bond acceptors (Lipinski definition) is 6. The number of rotatable bonds is 7. The first-order chi connectivity index (χ1) is 13.8. The van der Waals surface area contributed by atoms with Crippen molar-refractivity contribution in [2.75, 3.05) is 35.8 Å². The minimum Gasteiger partial charge on any atom is -0.338 e. The summed E-state index contributed by atoms with van der Waals surface area (Å²) in [6.45, 7) is 13.5. The van der Waals surface area contributed by atoms with Crippen LogP contribution in [0.2, 0.25) is 0 Å². The number of anilines is 2. The molecule has 30 heavy (non-hydrogen) atoms. The van der Waals surface area contributed by atoms with Gasteiger partial charge < -0.3 is 4.90 Å². The summed E-state index contributed by atoms with van der Waals surface area (Å²) in [6.07, 6.45) is 4.95. The Labute approximate surface area is 185 Å². The van der Waals surface area contributed by atoms with Crippen LogP contribution in [-0.4, -0.2) is 55.5 Å². The molecule has 1 atom stereocenters. The maximum Gasteiger partial charge on any atom is 0.261 e. The second-order valence-corrected chi connectivity index (χ2v) is 9.36. The van der Waals surface area contributed by atoms with Gasteiger partial charge in [0.2, 0.25) is 5.95 Å². The lowest BCUT2D eigenvalue weighted by atomic mass is 10.0. The van der Waals surface area contributed by atoms with Gasteiger partial charge in [0.15, 0.2) is 0 Å². The Morgan fingerprint density at radius 1 is 1.20 bits per heavy atom. The van der Waals surface area contributed by atoms with Crippen molar-refractivity contribution in [1.29, 1.82) is 0 Å². The molecule has 164 valence electrons. The number of hydrogen-bond donors (Lipinski definition) is 1. The minimum absolute atomic E-state index is 0. The normalized spacial score (nSPS) is 17.5. The molecule has 7 nitrogen and oxygen atoms in total. The molecule has 1 fully saturated rings. The van der Waals surface area contributed by atoms with Gasteiger partial charge >= 0.3 is 0 Å². The molecule has 1 saturated heterocycles. The average Bonchev–Trinajstić information content (AvgIpc) is 2.70. The molecule has 1 aliphatic rings. The molecule has 2 heterocycles. The van der Waals surface area contributed by atoms with Gasteiger partial charge in [0, 0.05) is 32.2 Å². The lowest BCUT2D eigenvalue weighted by molar-refractivity contribution is 0.209. The van der Waals surface area contributed by atoms with Crippen molar-refractivity contribution in [1.82, 2.24) is 14.9 Å². The van der Waals surface area contributed by atoms with E-state index in [-0.39, 0.29) is 17.3 Å². The van der Waals surface area contributed by atoms with Crippen molar-refractivity contribution in [3.63, 3.8) is 0 Å². The Morgan fingerprint density at radius 2 is 1.83 bits per heavy atom. The molecular formula is C21H30ClN5O2S. The van der Waals surface area contributed by atoms with Crippen LogP contribution in [0.25, 0.3) is 0 Å². The van der Waals surface area contributed by atoms with Crippen molar-refractivity contribution in [2.45, 2.75) is 37.6 Å². The van der Waals surface area contributed by atoms with Crippen LogP contribution in [0.5, 0.6) is 0 Å². The molecule has 0 bridgehead atoms. The van der Waals surface area contributed by atoms with Crippen molar-refractivity contribution < 1.29 is 8.42 Å². The third kappa shape index (κ3) is 5.71. The van der Waals surface area contributed by atoms with Gasteiger partial charge in [-0.05, 0) is 30.5 Å². The molecule has 2 aromatic rings. The maximum absolute atomic E-state index is 12.6. The van der Waals surface area contributed by atoms with Gasteiger partial charge in [0.25, 0.3) is 10.0 Å². The van der Waals surface area contributed by atoms with Gasteiger partial charge in [0.1, 0.15) is 0 Å². The number of nitrogens with zero attached hydrogens (tertiary/aromatic N) is 4. The van der Waals surface area contributed by atoms with Crippen LogP contribution in [0.1, 0.15) is 32.3 Å². The molecule has 0 spiro atoms. The van der Waals surface area contributed by atoms with Crippen molar-refractivity contribution >= 4 is 34.1 Å². The third-order valence-electron chi connectivity index (χ3n) is 5.16. The van der Waals surface area contributed by atoms with Crippen molar-refractivity contribution in [3.05, 3.63) is 54.9 Å². The van der Waals surface area contributed by atoms with Crippen LogP contribution in [-0.2, 0) is 10.0 Å². The summed E-state index contributed by atoms with van der Waals surface area (Å²) >= 11 is 0. The number of halogens is 1. The van der Waals surface area contributed by atoms with Gasteiger partial charge in [-0.1, -0.05) is 32.1 Å². The zero-order valence-corrected chi connectivity index (χ0v) is 19.3. The number of sulfonamides is 1. The van der Waals surface area contributed by atoms with E-state index < -0.39 is 10.0 Å². The highest BCUT2D eigenvalue weighted by Crippen LogP contribution is 2.21. The van der Waals surface area contributed by atoms with Gasteiger partial charge in [-0.2, -0.15) is 0 Å². The summed E-state index contributed by atoms with van der Waals surface area (Å²) in [6, 6.07) is 7.30. The summed E-state index contributed by atoms with van der Waals surface area (Å²) in [5.41, 5.74) is 1.44. The fourth-order valence-corrected chi connectivity index (χ4v) is 4.43. The average molecular weight is 452 g/mol. The van der Waals surface area contributed by atoms with E-state index >= 15 is 0 Å². The van der Waals surface area contributed by atoms with E-state index in [2.05, 4.69) is 51.8 Å². The van der Waals surface area contributed by atoms with Crippen LogP contribution in [0.15, 0.2) is 54.2 Å². The van der Waals surface area contributed by atoms with Crippen molar-refractivity contribution in [3.8, 4) is 0 Å². The Balaban J connectivity index is 0.00000320. The number of nitrogens with one attached hydrogen (secondary N) is 1. The SMILES string of the molecule is C=CCN1CCN(c2ncc(NS(=O)(=O)c3ccc(C(C)C)cc3)cn2)C[C@@H]1C.Cl. The zero-order chi connectivity index (χ0) is 21.0. The van der Waals surface area contributed by atoms with E-state index in [1.165, 1.54) is 12.4 Å². The first kappa shape index (κ1) is 24.1. The number of piperazine rings is 1. The number of aromatic nitrogens is 2. The topological polar surface area (TPSA) is 78.4 Å². The summed E-state index contributed by atoms with van der Waals surface area (Å²) in [5, 5.41) is 0. The first-order valence-electron chi connectivity index (χ1n) is 9.85. The molecule has 0 aliphatic carbocycles. The van der Waals surface area contributed by atoms with Crippen molar-refractivity contribution in [2.24, 2.45) is 0 Å². The number of benzene rings is 1. The Bertz CT molecular complexity index is 933. The highest BCUT2D eigenvalue weighted by atomic mass is 35.5. The van der Waals surface area contributed by atoms with Crippen LogP contribution in [0, 0.1) is 0 Å². The molecule has 1 aromatic heterocycles. The predicted molar refractivity (Wildman–Crippen MR) is 124 cm³/mol. The molecule has 0 saturated carbocycles. The quantitative estimate of drug-likeness (QED) is 0.649. The predicted octanol–water partition coefficient (Wildman–Crippen LogP) is 3.52. The highest BCUT2D eigenvalue weighted by Gasteiger charge is 2.24. The highest BCUT2D eigenvalue weighted by molar-refractivity contribution is 7.92. The van der Waals surface area contributed by atoms with E-state index in [0.717, 1.165) is 31.7 Å². The Hall–Kier alpha value is -2.16. The third-order valence-corrected chi connectivity index (χ3v) is 6.56. The molecule has 0 amide bonds. The standard InChI is InChI=1S/C21H29N5O2S.ClH/c1-5-10-25-11-12-26(15-17(25)4)21-22-13-19(14-23-21)24-29(27,28)20-8-6-18(7-9-20)16(2)3;/h5-9,13-14,16-17,24H,1,10-12,15H2,2-4H3;1H/t17-;/m0./s1. The lowest BCUT2D eigenvalue weighted by Gasteiger charge is -2.39. The molecule has 1 N–H and O–H groups in total. The van der Waals surface area contributed by atoms with E-state index in [4.69, 9.17) is 0 Å². The van der Waals surface area contributed by atoms with Crippen LogP contribution >= 0.6 is 12.4 Å². The largest absolute Gasteiger partial charge is 0.338 e. The van der Waals surface area contributed by atoms with E-state index in [1.807, 2.05) is 18.2 Å². The molecule has 1 aromatic carbocycles. The van der Waals surface area contributed by atoms with E-state index in [1.54, 1.807) is 12.1 Å². The van der Waals surface area contributed by atoms with Gasteiger partial charge in [-0.25, -0.2) is 18.4 Å². The Kier molecular flexibility index (Phi) is 8.23. The fourth-order valence-electron chi connectivity index (χ4n) is 3.40. The van der Waals surface area contributed by atoms with Gasteiger partial charge in [0.05, 0.1) is 23.0 Å². The van der Waals surface area contributed by atoms with Crippen LogP contribution < -0.4 is 9.62 Å². The summed E-state index contributed by atoms with van der Waals surface area (Å²) in [4.78, 5) is 13.4. The van der Waals surface area contributed by atoms with Gasteiger partial charge in [-0.3, -0.25) is 9.62 Å². The lowest BCUT2D eigenvalue weighted by Crippen LogP contribution is -2.52. The fraction of sp³-hybridized carbons (Fsp3) is 0.429. The Morgan fingerprint density at radius 3 is 2.37 bits per heavy atom. The molecule has 0 unspecified atom stereocenters. The van der Waals surface area contributed by atoms with Crippen LogP contribution in [0.3, 0.4) is 0 Å². The second-order valence-electron chi connectivity index (χ2n) is 7.68. The first-order valence-corrected chi connectivity index (χ1v) is 11.3. The maximum atomic E-state index is 12.6. The summed E-state index contributed by atoms with van der Waals surface area (Å²) in [5.74, 6) is 0.960. The molecular weight excluding hydrogens is 422 g/mol. The smallest absolute Gasteiger partial charge is 0.261 e. The summed E-state index contributed by atoms with van der Waals surface area (Å²) in [7, 11) is -3.68. The summed E-state index contributed by atoms with van der Waals surface area (Å²) < 4.78 is 27.8. The van der Waals surface area contributed by atoms with Crippen LogP contribution in [0.4, 0.5) is 11.6 Å². The molecule has 0 radical (unpaired) electrons. The molecule has 3 rings (SSSR count). The van der Waals surface area contributed by atoms with E-state index in [0.29, 0.717) is 23.6 Å². The monoisotopic (exact) mass is 451 g/mol. The molecule has 9 heteroatoms. The second kappa shape index (κ2) is 10.2.